The molecule has 0 saturated carbocycles. The van der Waals surface area contributed by atoms with Crippen LogP contribution in [0.15, 0.2) is 78.9 Å². The van der Waals surface area contributed by atoms with Crippen LogP contribution < -0.4 is 9.47 Å². The van der Waals surface area contributed by atoms with Gasteiger partial charge in [-0.3, -0.25) is 0 Å². The van der Waals surface area contributed by atoms with Gasteiger partial charge < -0.3 is 9.47 Å². The number of alkyl halides is 3. The molecule has 4 aromatic rings. The fourth-order valence-corrected chi connectivity index (χ4v) is 4.45. The van der Waals surface area contributed by atoms with E-state index in [1.54, 1.807) is 18.2 Å². The van der Waals surface area contributed by atoms with Crippen LogP contribution in [0.1, 0.15) is 48.4 Å². The molecule has 0 amide bonds. The first-order valence-corrected chi connectivity index (χ1v) is 13.1. The van der Waals surface area contributed by atoms with Crippen LogP contribution in [0, 0.1) is 5.82 Å². The van der Waals surface area contributed by atoms with Crippen LogP contribution in [-0.4, -0.2) is 13.0 Å². The molecule has 0 unspecified atom stereocenters. The van der Waals surface area contributed by atoms with E-state index in [0.717, 1.165) is 48.1 Å². The average Bonchev–Trinajstić information content (AvgIpc) is 2.90. The van der Waals surface area contributed by atoms with Gasteiger partial charge >= 0.3 is 6.36 Å². The highest BCUT2D eigenvalue weighted by Gasteiger charge is 2.30. The number of unbranched alkanes of at least 4 members (excludes halogenated alkanes) is 2. The van der Waals surface area contributed by atoms with Gasteiger partial charge in [0.25, 0.3) is 0 Å². The summed E-state index contributed by atoms with van der Waals surface area (Å²) in [6.07, 6.45) is 1.39. The maximum Gasteiger partial charge on any atom is 0.573 e. The zero-order chi connectivity index (χ0) is 27.0. The van der Waals surface area contributed by atoms with Gasteiger partial charge in [0.05, 0.1) is 6.61 Å². The lowest BCUT2D eigenvalue weighted by atomic mass is 9.97. The predicted octanol–water partition coefficient (Wildman–Crippen LogP) is 9.02. The Labute approximate surface area is 221 Å². The average molecular weight is 525 g/mol. The summed E-state index contributed by atoms with van der Waals surface area (Å²) in [4.78, 5) is 0. The molecule has 0 fully saturated rings. The number of hydrogen-bond donors (Lipinski definition) is 0. The highest BCUT2D eigenvalue weighted by molar-refractivity contribution is 5.84. The minimum atomic E-state index is -4.72. The number of benzene rings is 4. The van der Waals surface area contributed by atoms with Gasteiger partial charge in [-0.1, -0.05) is 74.4 Å². The molecule has 0 N–H and O–H groups in total. The molecule has 0 bridgehead atoms. The van der Waals surface area contributed by atoms with E-state index in [1.807, 2.05) is 36.4 Å². The first-order valence-electron chi connectivity index (χ1n) is 13.1. The minimum Gasteiger partial charge on any atom is -0.494 e. The molecule has 0 heterocycles. The number of rotatable bonds is 12. The van der Waals surface area contributed by atoms with Crippen LogP contribution in [0.25, 0.3) is 10.8 Å². The molecule has 0 atom stereocenters. The zero-order valence-electron chi connectivity index (χ0n) is 21.5. The third-order valence-electron chi connectivity index (χ3n) is 6.58. The van der Waals surface area contributed by atoms with Gasteiger partial charge in [-0.15, -0.1) is 13.2 Å². The van der Waals surface area contributed by atoms with Gasteiger partial charge in [-0.2, -0.15) is 0 Å². The Kier molecular flexibility index (Phi) is 9.27. The number of aryl methyl sites for hydroxylation is 4. The van der Waals surface area contributed by atoms with Gasteiger partial charge in [-0.05, 0) is 84.0 Å². The quantitative estimate of drug-likeness (QED) is 0.136. The molecular formula is C32H32F4O2. The van der Waals surface area contributed by atoms with Crippen LogP contribution in [0.3, 0.4) is 0 Å². The number of ether oxygens (including phenoxy) is 2. The smallest absolute Gasteiger partial charge is 0.494 e. The highest BCUT2D eigenvalue weighted by atomic mass is 19.4. The van der Waals surface area contributed by atoms with Crippen LogP contribution in [0.4, 0.5) is 17.6 Å². The molecule has 4 aromatic carbocycles. The molecule has 0 radical (unpaired) electrons. The third kappa shape index (κ3) is 7.98. The summed E-state index contributed by atoms with van der Waals surface area (Å²) < 4.78 is 61.9. The molecule has 0 aliphatic heterocycles. The Bertz CT molecular complexity index is 1310. The Morgan fingerprint density at radius 2 is 1.26 bits per heavy atom. The van der Waals surface area contributed by atoms with Gasteiger partial charge in [0.2, 0.25) is 0 Å². The second-order valence-electron chi connectivity index (χ2n) is 9.49. The standard InChI is InChI=1S/C32H32F4O2/c1-2-3-4-21-37-28-16-8-23(9-17-28)5-6-25-12-20-30-27(22-25)15-14-26(31(30)33)13-7-24-10-18-29(19-11-24)38-32(34,35)36/h8-12,14-20,22H,2-7,13,21H2,1H3. The van der Waals surface area contributed by atoms with Crippen molar-refractivity contribution in [3.63, 3.8) is 0 Å². The van der Waals surface area contributed by atoms with E-state index in [2.05, 4.69) is 23.8 Å². The first-order chi connectivity index (χ1) is 18.3. The third-order valence-corrected chi connectivity index (χ3v) is 6.58. The summed E-state index contributed by atoms with van der Waals surface area (Å²) in [5, 5.41) is 1.43. The van der Waals surface area contributed by atoms with Crippen molar-refractivity contribution < 1.29 is 27.0 Å². The Balaban J connectivity index is 1.32. The number of halogens is 4. The highest BCUT2D eigenvalue weighted by Crippen LogP contribution is 2.26. The first kappa shape index (κ1) is 27.5. The molecule has 38 heavy (non-hydrogen) atoms. The zero-order valence-corrected chi connectivity index (χ0v) is 21.5. The lowest BCUT2D eigenvalue weighted by molar-refractivity contribution is -0.274. The Morgan fingerprint density at radius 3 is 1.92 bits per heavy atom. The summed E-state index contributed by atoms with van der Waals surface area (Å²) in [6, 6.07) is 23.5. The van der Waals surface area contributed by atoms with Crippen LogP contribution in [0.5, 0.6) is 11.5 Å². The van der Waals surface area contributed by atoms with Crippen molar-refractivity contribution in [3.8, 4) is 11.5 Å². The minimum absolute atomic E-state index is 0.249. The molecular weight excluding hydrogens is 492 g/mol. The van der Waals surface area contributed by atoms with Crippen LogP contribution in [0.2, 0.25) is 0 Å². The number of hydrogen-bond acceptors (Lipinski definition) is 2. The fraction of sp³-hybridized carbons (Fsp3) is 0.312. The van der Waals surface area contributed by atoms with Crippen molar-refractivity contribution in [1.82, 2.24) is 0 Å². The lowest BCUT2D eigenvalue weighted by Gasteiger charge is -2.11. The van der Waals surface area contributed by atoms with E-state index in [9.17, 15) is 13.2 Å². The summed E-state index contributed by atoms with van der Waals surface area (Å²) in [5.74, 6) is 0.382. The van der Waals surface area contributed by atoms with Crippen molar-refractivity contribution in [1.29, 1.82) is 0 Å². The van der Waals surface area contributed by atoms with E-state index in [4.69, 9.17) is 4.74 Å². The predicted molar refractivity (Wildman–Crippen MR) is 143 cm³/mol. The summed E-state index contributed by atoms with van der Waals surface area (Å²) >= 11 is 0. The molecule has 0 spiro atoms. The van der Waals surface area contributed by atoms with Gasteiger partial charge in [-0.25, -0.2) is 4.39 Å². The van der Waals surface area contributed by atoms with Crippen LogP contribution in [-0.2, 0) is 25.7 Å². The fourth-order valence-electron chi connectivity index (χ4n) is 4.45. The van der Waals surface area contributed by atoms with Crippen molar-refractivity contribution >= 4 is 10.8 Å². The van der Waals surface area contributed by atoms with E-state index >= 15 is 4.39 Å². The van der Waals surface area contributed by atoms with E-state index in [1.165, 1.54) is 30.5 Å². The van der Waals surface area contributed by atoms with Gasteiger partial charge in [0, 0.05) is 5.39 Å². The second kappa shape index (κ2) is 12.8. The SMILES string of the molecule is CCCCCOc1ccc(CCc2ccc3c(F)c(CCc4ccc(OC(F)(F)F)cc4)ccc3c2)cc1. The molecule has 0 aliphatic rings. The van der Waals surface area contributed by atoms with Crippen molar-refractivity contribution in [2.75, 3.05) is 6.61 Å². The largest absolute Gasteiger partial charge is 0.573 e. The topological polar surface area (TPSA) is 18.5 Å². The molecule has 200 valence electrons. The molecule has 0 aliphatic carbocycles. The van der Waals surface area contributed by atoms with Crippen LogP contribution >= 0.6 is 0 Å². The Morgan fingerprint density at radius 1 is 0.658 bits per heavy atom. The van der Waals surface area contributed by atoms with E-state index in [-0.39, 0.29) is 11.6 Å². The van der Waals surface area contributed by atoms with Crippen molar-refractivity contribution in [2.24, 2.45) is 0 Å². The number of fused-ring (bicyclic) bond motifs is 1. The van der Waals surface area contributed by atoms with Gasteiger partial charge in [0.1, 0.15) is 17.3 Å². The van der Waals surface area contributed by atoms with Gasteiger partial charge in [0.15, 0.2) is 0 Å². The molecule has 6 heteroatoms. The molecule has 2 nitrogen and oxygen atoms in total. The normalized spacial score (nSPS) is 11.6. The van der Waals surface area contributed by atoms with Crippen molar-refractivity contribution in [2.45, 2.75) is 58.2 Å². The monoisotopic (exact) mass is 524 g/mol. The van der Waals surface area contributed by atoms with Crippen molar-refractivity contribution in [3.05, 3.63) is 107 Å². The molecule has 0 saturated heterocycles. The Hall–Kier alpha value is -3.54. The lowest BCUT2D eigenvalue weighted by Crippen LogP contribution is -2.17. The summed E-state index contributed by atoms with van der Waals surface area (Å²) in [5.41, 5.74) is 3.76. The van der Waals surface area contributed by atoms with E-state index < -0.39 is 6.36 Å². The molecule has 4 rings (SSSR count). The maximum atomic E-state index is 15.2. The summed E-state index contributed by atoms with van der Waals surface area (Å²) in [6.45, 7) is 2.92. The van der Waals surface area contributed by atoms with E-state index in [0.29, 0.717) is 23.8 Å². The second-order valence-corrected chi connectivity index (χ2v) is 9.49. The summed E-state index contributed by atoms with van der Waals surface area (Å²) in [7, 11) is 0. The molecule has 0 aromatic heterocycles. The maximum absolute atomic E-state index is 15.2.